The summed E-state index contributed by atoms with van der Waals surface area (Å²) in [7, 11) is 4.04. The average Bonchev–Trinajstić information content (AvgIpc) is 2.68. The molecule has 0 unspecified atom stereocenters. The van der Waals surface area contributed by atoms with Gasteiger partial charge in [0.15, 0.2) is 5.65 Å². The zero-order chi connectivity index (χ0) is 19.0. The molecule has 0 saturated heterocycles. The van der Waals surface area contributed by atoms with Gasteiger partial charge in [0.1, 0.15) is 11.5 Å². The van der Waals surface area contributed by atoms with E-state index in [1.54, 1.807) is 0 Å². The highest BCUT2D eigenvalue weighted by Crippen LogP contribution is 2.36. The summed E-state index contributed by atoms with van der Waals surface area (Å²) in [6.45, 7) is 0. The highest BCUT2D eigenvalue weighted by molar-refractivity contribution is 9.10. The summed E-state index contributed by atoms with van der Waals surface area (Å²) in [5.41, 5.74) is 5.54. The minimum absolute atomic E-state index is 0.401. The van der Waals surface area contributed by atoms with E-state index < -0.39 is 0 Å². The molecule has 0 spiro atoms. The summed E-state index contributed by atoms with van der Waals surface area (Å²) in [5, 5.41) is 1.16. The number of pyridine rings is 1. The number of rotatable bonds is 3. The molecule has 2 heterocycles. The first-order chi connectivity index (χ1) is 13.0. The maximum absolute atomic E-state index is 6.41. The first-order valence-corrected chi connectivity index (χ1v) is 9.55. The molecule has 6 heteroatoms. The molecule has 4 rings (SSSR count). The first-order valence-electron chi connectivity index (χ1n) is 8.38. The van der Waals surface area contributed by atoms with Crippen LogP contribution in [0.1, 0.15) is 0 Å². The molecule has 0 atom stereocenters. The number of hydrogen-bond acceptors (Lipinski definition) is 4. The Morgan fingerprint density at radius 3 is 2.37 bits per heavy atom. The summed E-state index contributed by atoms with van der Waals surface area (Å²) in [6.07, 6.45) is 1.44. The van der Waals surface area contributed by atoms with Gasteiger partial charge in [-0.3, -0.25) is 0 Å². The van der Waals surface area contributed by atoms with E-state index in [1.165, 1.54) is 6.33 Å². The van der Waals surface area contributed by atoms with Crippen molar-refractivity contribution in [3.63, 3.8) is 0 Å². The third kappa shape index (κ3) is 3.40. The molecule has 0 saturated carbocycles. The smallest absolute Gasteiger partial charge is 0.165 e. The molecule has 2 aromatic carbocycles. The van der Waals surface area contributed by atoms with Crippen LogP contribution in [0.4, 0.5) is 5.69 Å². The Morgan fingerprint density at radius 2 is 1.67 bits per heavy atom. The van der Waals surface area contributed by atoms with E-state index in [0.717, 1.165) is 37.9 Å². The fourth-order valence-corrected chi connectivity index (χ4v) is 3.72. The van der Waals surface area contributed by atoms with Gasteiger partial charge in [-0.2, -0.15) is 0 Å². The summed E-state index contributed by atoms with van der Waals surface area (Å²) in [4.78, 5) is 15.3. The minimum atomic E-state index is 0.401. The van der Waals surface area contributed by atoms with Crippen LogP contribution >= 0.6 is 27.5 Å². The third-order valence-corrected chi connectivity index (χ3v) is 5.38. The van der Waals surface area contributed by atoms with Gasteiger partial charge < -0.3 is 4.90 Å². The van der Waals surface area contributed by atoms with Crippen LogP contribution in [0.5, 0.6) is 0 Å². The second-order valence-corrected chi connectivity index (χ2v) is 7.55. The van der Waals surface area contributed by atoms with Gasteiger partial charge in [-0.15, -0.1) is 0 Å². The van der Waals surface area contributed by atoms with E-state index >= 15 is 0 Å². The Bertz CT molecular complexity index is 1130. The fourth-order valence-electron chi connectivity index (χ4n) is 3.00. The Hall–Kier alpha value is -2.50. The first kappa shape index (κ1) is 17.9. The molecule has 2 aromatic heterocycles. The SMILES string of the molecule is CN(C)c1ccc(-c2cc(-c3ccccc3Br)nc3ncnc(Cl)c23)cc1. The van der Waals surface area contributed by atoms with Crippen molar-refractivity contribution >= 4 is 44.3 Å². The van der Waals surface area contributed by atoms with Crippen LogP contribution in [0.25, 0.3) is 33.4 Å². The summed E-state index contributed by atoms with van der Waals surface area (Å²) in [5.74, 6) is 0. The van der Waals surface area contributed by atoms with E-state index in [1.807, 2.05) is 44.4 Å². The van der Waals surface area contributed by atoms with Gasteiger partial charge in [0, 0.05) is 29.8 Å². The third-order valence-electron chi connectivity index (χ3n) is 4.40. The number of nitrogens with zero attached hydrogens (tertiary/aromatic N) is 4. The van der Waals surface area contributed by atoms with Crippen LogP contribution in [0, 0.1) is 0 Å². The highest BCUT2D eigenvalue weighted by Gasteiger charge is 2.15. The molecule has 134 valence electrons. The van der Waals surface area contributed by atoms with Crippen LogP contribution in [0.15, 0.2) is 65.4 Å². The molecule has 27 heavy (non-hydrogen) atoms. The van der Waals surface area contributed by atoms with E-state index in [-0.39, 0.29) is 0 Å². The Morgan fingerprint density at radius 1 is 0.926 bits per heavy atom. The summed E-state index contributed by atoms with van der Waals surface area (Å²) < 4.78 is 0.978. The Kier molecular flexibility index (Phi) is 4.81. The zero-order valence-corrected chi connectivity index (χ0v) is 17.2. The number of halogens is 2. The number of aromatic nitrogens is 3. The van der Waals surface area contributed by atoms with Crippen molar-refractivity contribution in [3.8, 4) is 22.4 Å². The number of hydrogen-bond donors (Lipinski definition) is 0. The molecule has 0 bridgehead atoms. The maximum Gasteiger partial charge on any atom is 0.165 e. The maximum atomic E-state index is 6.41. The van der Waals surface area contributed by atoms with E-state index in [0.29, 0.717) is 10.8 Å². The molecular weight excluding hydrogens is 424 g/mol. The second kappa shape index (κ2) is 7.25. The van der Waals surface area contributed by atoms with Crippen LogP contribution in [0.3, 0.4) is 0 Å². The van der Waals surface area contributed by atoms with Crippen LogP contribution < -0.4 is 4.90 Å². The fraction of sp³-hybridized carbons (Fsp3) is 0.0952. The summed E-state index contributed by atoms with van der Waals surface area (Å²) in [6, 6.07) is 18.4. The zero-order valence-electron chi connectivity index (χ0n) is 14.8. The average molecular weight is 440 g/mol. The van der Waals surface area contributed by atoms with Crippen molar-refractivity contribution in [2.45, 2.75) is 0 Å². The standard InChI is InChI=1S/C21H16BrClN4/c1-27(2)14-9-7-13(8-10-14)16-11-18(15-5-3-4-6-17(15)22)26-21-19(16)20(23)24-12-25-21/h3-12H,1-2H3. The van der Waals surface area contributed by atoms with Gasteiger partial charge in [0.25, 0.3) is 0 Å². The van der Waals surface area contributed by atoms with E-state index in [2.05, 4.69) is 55.1 Å². The van der Waals surface area contributed by atoms with Crippen LogP contribution in [-0.2, 0) is 0 Å². The predicted molar refractivity (Wildman–Crippen MR) is 115 cm³/mol. The molecule has 4 nitrogen and oxygen atoms in total. The number of anilines is 1. The number of fused-ring (bicyclic) bond motifs is 1. The number of benzene rings is 2. The molecule has 0 radical (unpaired) electrons. The monoisotopic (exact) mass is 438 g/mol. The van der Waals surface area contributed by atoms with Gasteiger partial charge in [-0.25, -0.2) is 15.0 Å². The predicted octanol–water partition coefficient (Wildman–Crippen LogP) is 5.84. The largest absolute Gasteiger partial charge is 0.378 e. The van der Waals surface area contributed by atoms with Crippen molar-refractivity contribution < 1.29 is 0 Å². The van der Waals surface area contributed by atoms with E-state index in [4.69, 9.17) is 16.6 Å². The lowest BCUT2D eigenvalue weighted by Gasteiger charge is -2.14. The van der Waals surface area contributed by atoms with Gasteiger partial charge in [-0.1, -0.05) is 57.9 Å². The highest BCUT2D eigenvalue weighted by atomic mass is 79.9. The lowest BCUT2D eigenvalue weighted by molar-refractivity contribution is 1.13. The Labute approximate surface area is 171 Å². The molecule has 0 fully saturated rings. The van der Waals surface area contributed by atoms with Gasteiger partial charge >= 0.3 is 0 Å². The molecule has 0 aliphatic heterocycles. The van der Waals surface area contributed by atoms with E-state index in [9.17, 15) is 0 Å². The van der Waals surface area contributed by atoms with Gasteiger partial charge in [-0.05, 0) is 35.4 Å². The molecule has 0 amide bonds. The van der Waals surface area contributed by atoms with Gasteiger partial charge in [0.2, 0.25) is 0 Å². The normalized spacial score (nSPS) is 11.0. The molecular formula is C21H16BrClN4. The lowest BCUT2D eigenvalue weighted by atomic mass is 10.00. The van der Waals surface area contributed by atoms with Gasteiger partial charge in [0.05, 0.1) is 11.1 Å². The van der Waals surface area contributed by atoms with Crippen molar-refractivity contribution in [3.05, 3.63) is 70.6 Å². The minimum Gasteiger partial charge on any atom is -0.378 e. The van der Waals surface area contributed by atoms with Crippen molar-refractivity contribution in [1.29, 1.82) is 0 Å². The second-order valence-electron chi connectivity index (χ2n) is 6.34. The molecule has 4 aromatic rings. The Balaban J connectivity index is 1.99. The summed E-state index contributed by atoms with van der Waals surface area (Å²) >= 11 is 10.0. The van der Waals surface area contributed by atoms with Crippen LogP contribution in [0.2, 0.25) is 5.15 Å². The quantitative estimate of drug-likeness (QED) is 0.376. The van der Waals surface area contributed by atoms with Crippen molar-refractivity contribution in [2.24, 2.45) is 0 Å². The molecule has 0 aliphatic carbocycles. The molecule has 0 N–H and O–H groups in total. The lowest BCUT2D eigenvalue weighted by Crippen LogP contribution is -2.07. The van der Waals surface area contributed by atoms with Crippen LogP contribution in [-0.4, -0.2) is 29.0 Å². The topological polar surface area (TPSA) is 41.9 Å². The van der Waals surface area contributed by atoms with Crippen molar-refractivity contribution in [1.82, 2.24) is 15.0 Å². The van der Waals surface area contributed by atoms with Crippen molar-refractivity contribution in [2.75, 3.05) is 19.0 Å². The molecule has 0 aliphatic rings.